The van der Waals surface area contributed by atoms with Gasteiger partial charge in [0, 0.05) is 62.0 Å². The van der Waals surface area contributed by atoms with Crippen molar-refractivity contribution in [2.45, 2.75) is 0 Å². The van der Waals surface area contributed by atoms with E-state index in [1.807, 2.05) is 61.2 Å². The van der Waals surface area contributed by atoms with Gasteiger partial charge in [-0.05, 0) is 48.5 Å². The Bertz CT molecular complexity index is 2570. The largest absolute Gasteiger partial charge is 0.308 e. The molecule has 0 amide bonds. The van der Waals surface area contributed by atoms with Crippen molar-refractivity contribution in [1.82, 2.24) is 29.1 Å². The smallest absolute Gasteiger partial charge is 0.160 e. The molecule has 0 atom stereocenters. The van der Waals surface area contributed by atoms with Gasteiger partial charge in [-0.1, -0.05) is 97.1 Å². The van der Waals surface area contributed by atoms with Crippen LogP contribution in [0.1, 0.15) is 0 Å². The van der Waals surface area contributed by atoms with Crippen molar-refractivity contribution >= 4 is 43.6 Å². The second-order valence-corrected chi connectivity index (χ2v) is 12.4. The summed E-state index contributed by atoms with van der Waals surface area (Å²) in [6.07, 6.45) is 7.64. The molecule has 6 heteroatoms. The third kappa shape index (κ3) is 4.50. The normalized spacial score (nSPS) is 11.6. The number of hydrogen-bond acceptors (Lipinski definition) is 4. The Hall–Kier alpha value is -6.92. The molecule has 6 nitrogen and oxygen atoms in total. The second kappa shape index (κ2) is 11.4. The molecule has 50 heavy (non-hydrogen) atoms. The van der Waals surface area contributed by atoms with Crippen LogP contribution < -0.4 is 0 Å². The quantitative estimate of drug-likeness (QED) is 0.188. The number of benzene rings is 5. The second-order valence-electron chi connectivity index (χ2n) is 12.4. The molecule has 0 fully saturated rings. The van der Waals surface area contributed by atoms with Crippen LogP contribution in [0.15, 0.2) is 170 Å². The van der Waals surface area contributed by atoms with Crippen LogP contribution in [0.4, 0.5) is 0 Å². The molecule has 0 saturated heterocycles. The third-order valence-corrected chi connectivity index (χ3v) is 9.49. The summed E-state index contributed by atoms with van der Waals surface area (Å²) in [6, 6.07) is 50.6. The molecule has 234 valence electrons. The molecule has 0 aliphatic heterocycles. The van der Waals surface area contributed by atoms with E-state index < -0.39 is 0 Å². The first-order valence-electron chi connectivity index (χ1n) is 16.6. The molecular formula is C44H28N6. The maximum Gasteiger partial charge on any atom is 0.160 e. The van der Waals surface area contributed by atoms with Crippen molar-refractivity contribution in [3.05, 3.63) is 170 Å². The van der Waals surface area contributed by atoms with Gasteiger partial charge in [0.1, 0.15) is 0 Å². The number of fused-ring (bicyclic) bond motifs is 6. The van der Waals surface area contributed by atoms with Gasteiger partial charge >= 0.3 is 0 Å². The van der Waals surface area contributed by atoms with E-state index in [2.05, 4.69) is 128 Å². The van der Waals surface area contributed by atoms with Gasteiger partial charge in [0.15, 0.2) is 5.82 Å². The topological polar surface area (TPSA) is 61.4 Å². The minimum Gasteiger partial charge on any atom is -0.308 e. The maximum atomic E-state index is 5.24. The van der Waals surface area contributed by atoms with Gasteiger partial charge in [0.05, 0.1) is 45.8 Å². The highest BCUT2D eigenvalue weighted by Crippen LogP contribution is 2.38. The lowest BCUT2D eigenvalue weighted by molar-refractivity contribution is 1.12. The average Bonchev–Trinajstić information content (AvgIpc) is 3.71. The van der Waals surface area contributed by atoms with Gasteiger partial charge in [-0.15, -0.1) is 0 Å². The molecule has 0 aliphatic rings. The average molecular weight is 641 g/mol. The van der Waals surface area contributed by atoms with Crippen LogP contribution in [0.5, 0.6) is 0 Å². The number of nitrogens with zero attached hydrogens (tertiary/aromatic N) is 6. The lowest BCUT2D eigenvalue weighted by Crippen LogP contribution is -2.02. The fourth-order valence-corrected chi connectivity index (χ4v) is 7.26. The van der Waals surface area contributed by atoms with Gasteiger partial charge < -0.3 is 9.13 Å². The fourth-order valence-electron chi connectivity index (χ4n) is 7.26. The molecule has 10 rings (SSSR count). The standard InChI is InChI=1S/C44H28N6/c1-3-11-29(12-4-1)38-26-39(48-44(47-38)30-13-5-2-6-14-30)31-23-32(49-40-17-9-7-15-34(40)36-19-21-45-27-42(36)49)25-33(24-31)50-41-18-10-8-16-35(41)37-20-22-46-28-43(37)50/h1-28H. The van der Waals surface area contributed by atoms with Crippen LogP contribution in [-0.2, 0) is 0 Å². The molecule has 5 aromatic heterocycles. The Balaban J connectivity index is 1.31. The SMILES string of the molecule is c1ccc(-c2cc(-c3cc(-n4c5ccccc5c5ccncc54)cc(-n4c5ccccc5c5ccncc54)c3)nc(-c3ccccc3)n2)cc1. The van der Waals surface area contributed by atoms with Crippen molar-refractivity contribution in [2.75, 3.05) is 0 Å². The highest BCUT2D eigenvalue weighted by Gasteiger charge is 2.19. The maximum absolute atomic E-state index is 5.24. The number of rotatable bonds is 5. The molecule has 0 unspecified atom stereocenters. The van der Waals surface area contributed by atoms with Crippen molar-refractivity contribution < 1.29 is 0 Å². The van der Waals surface area contributed by atoms with E-state index in [0.29, 0.717) is 5.82 Å². The predicted molar refractivity (Wildman–Crippen MR) is 203 cm³/mol. The Morgan fingerprint density at radius 1 is 0.360 bits per heavy atom. The number of pyridine rings is 2. The molecule has 0 spiro atoms. The summed E-state index contributed by atoms with van der Waals surface area (Å²) in [5.41, 5.74) is 11.0. The Kier molecular flexibility index (Phi) is 6.39. The molecule has 0 bridgehead atoms. The highest BCUT2D eigenvalue weighted by molar-refractivity contribution is 6.10. The summed E-state index contributed by atoms with van der Waals surface area (Å²) in [5, 5.41) is 4.67. The zero-order chi connectivity index (χ0) is 33.0. The minimum atomic E-state index is 0.677. The van der Waals surface area contributed by atoms with E-state index >= 15 is 0 Å². The number of para-hydroxylation sites is 2. The minimum absolute atomic E-state index is 0.677. The van der Waals surface area contributed by atoms with Crippen LogP contribution in [0.25, 0.3) is 88.9 Å². The monoisotopic (exact) mass is 640 g/mol. The summed E-state index contributed by atoms with van der Waals surface area (Å²) in [4.78, 5) is 19.4. The Labute approximate surface area is 287 Å². The predicted octanol–water partition coefficient (Wildman–Crippen LogP) is 10.5. The van der Waals surface area contributed by atoms with E-state index in [0.717, 1.165) is 72.3 Å². The Morgan fingerprint density at radius 2 is 0.820 bits per heavy atom. The van der Waals surface area contributed by atoms with Gasteiger partial charge in [0.2, 0.25) is 0 Å². The first kappa shape index (κ1) is 28.1. The molecule has 5 heterocycles. The van der Waals surface area contributed by atoms with Gasteiger partial charge in [-0.25, -0.2) is 9.97 Å². The summed E-state index contributed by atoms with van der Waals surface area (Å²) in [5.74, 6) is 0.677. The fraction of sp³-hybridized carbons (Fsp3) is 0. The van der Waals surface area contributed by atoms with Crippen molar-refractivity contribution in [3.63, 3.8) is 0 Å². The molecule has 0 saturated carbocycles. The van der Waals surface area contributed by atoms with Crippen molar-refractivity contribution in [2.24, 2.45) is 0 Å². The van der Waals surface area contributed by atoms with Gasteiger partial charge in [-0.2, -0.15) is 0 Å². The third-order valence-electron chi connectivity index (χ3n) is 9.49. The van der Waals surface area contributed by atoms with Crippen LogP contribution in [-0.4, -0.2) is 29.1 Å². The summed E-state index contributed by atoms with van der Waals surface area (Å²) < 4.78 is 4.63. The van der Waals surface area contributed by atoms with Crippen LogP contribution in [0.2, 0.25) is 0 Å². The number of hydrogen-bond donors (Lipinski definition) is 0. The number of aromatic nitrogens is 6. The van der Waals surface area contributed by atoms with E-state index in [4.69, 9.17) is 9.97 Å². The van der Waals surface area contributed by atoms with Crippen LogP contribution in [0, 0.1) is 0 Å². The van der Waals surface area contributed by atoms with E-state index in [9.17, 15) is 0 Å². The molecule has 0 aliphatic carbocycles. The molecule has 0 N–H and O–H groups in total. The molecule has 0 radical (unpaired) electrons. The van der Waals surface area contributed by atoms with Gasteiger partial charge in [-0.3, -0.25) is 9.97 Å². The molecule has 10 aromatic rings. The lowest BCUT2D eigenvalue weighted by Gasteiger charge is -2.16. The van der Waals surface area contributed by atoms with Gasteiger partial charge in [0.25, 0.3) is 0 Å². The summed E-state index contributed by atoms with van der Waals surface area (Å²) in [7, 11) is 0. The van der Waals surface area contributed by atoms with Crippen LogP contribution >= 0.6 is 0 Å². The Morgan fingerprint density at radius 3 is 1.38 bits per heavy atom. The summed E-state index contributed by atoms with van der Waals surface area (Å²) in [6.45, 7) is 0. The highest BCUT2D eigenvalue weighted by atomic mass is 15.0. The molecule has 5 aromatic carbocycles. The van der Waals surface area contributed by atoms with Crippen LogP contribution in [0.3, 0.4) is 0 Å². The first-order chi connectivity index (χ1) is 24.8. The summed E-state index contributed by atoms with van der Waals surface area (Å²) >= 11 is 0. The van der Waals surface area contributed by atoms with Crippen molar-refractivity contribution in [1.29, 1.82) is 0 Å². The zero-order valence-corrected chi connectivity index (χ0v) is 26.8. The zero-order valence-electron chi connectivity index (χ0n) is 26.8. The molecular weight excluding hydrogens is 613 g/mol. The first-order valence-corrected chi connectivity index (χ1v) is 16.6. The van der Waals surface area contributed by atoms with E-state index in [-0.39, 0.29) is 0 Å². The van der Waals surface area contributed by atoms with E-state index in [1.54, 1.807) is 0 Å². The van der Waals surface area contributed by atoms with Crippen molar-refractivity contribution in [3.8, 4) is 45.3 Å². The van der Waals surface area contributed by atoms with E-state index in [1.165, 1.54) is 10.8 Å². The lowest BCUT2D eigenvalue weighted by atomic mass is 10.0.